The van der Waals surface area contributed by atoms with Crippen LogP contribution in [0.2, 0.25) is 10.0 Å². The van der Waals surface area contributed by atoms with Crippen molar-refractivity contribution in [3.05, 3.63) is 52.0 Å². The third-order valence-corrected chi connectivity index (χ3v) is 3.42. The van der Waals surface area contributed by atoms with E-state index in [0.717, 1.165) is 23.2 Å². The summed E-state index contributed by atoms with van der Waals surface area (Å²) in [6.45, 7) is 2.05. The number of phenols is 1. The highest BCUT2D eigenvalue weighted by Gasteiger charge is 2.05. The van der Waals surface area contributed by atoms with Crippen molar-refractivity contribution < 1.29 is 9.84 Å². The number of ether oxygens (including phenoxy) is 1. The summed E-state index contributed by atoms with van der Waals surface area (Å²) < 4.78 is 4.98. The minimum atomic E-state index is 0.215. The van der Waals surface area contributed by atoms with Gasteiger partial charge in [0.1, 0.15) is 5.75 Å². The molecule has 2 N–H and O–H groups in total. The van der Waals surface area contributed by atoms with Gasteiger partial charge in [0.15, 0.2) is 0 Å². The van der Waals surface area contributed by atoms with E-state index in [-0.39, 0.29) is 5.75 Å². The Morgan fingerprint density at radius 2 is 1.67 bits per heavy atom. The highest BCUT2D eigenvalue weighted by molar-refractivity contribution is 6.35. The molecule has 0 fully saturated rings. The third-order valence-electron chi connectivity index (χ3n) is 2.99. The molecule has 0 saturated carbocycles. The van der Waals surface area contributed by atoms with Crippen molar-refractivity contribution in [2.24, 2.45) is 0 Å². The van der Waals surface area contributed by atoms with E-state index in [9.17, 15) is 5.11 Å². The Morgan fingerprint density at radius 3 is 2.33 bits per heavy atom. The summed E-state index contributed by atoms with van der Waals surface area (Å²) in [5.41, 5.74) is 2.74. The molecule has 0 bridgehead atoms. The number of hydrogen-bond donors (Lipinski definition) is 2. The molecule has 0 unspecified atom stereocenters. The van der Waals surface area contributed by atoms with E-state index < -0.39 is 0 Å². The van der Waals surface area contributed by atoms with Crippen LogP contribution < -0.4 is 5.32 Å². The zero-order chi connectivity index (χ0) is 15.2. The highest BCUT2D eigenvalue weighted by atomic mass is 35.5. The Balaban J connectivity index is 2.21. The molecule has 2 rings (SSSR count). The van der Waals surface area contributed by atoms with E-state index in [2.05, 4.69) is 5.32 Å². The SMILES string of the molecule is COCCNCc1cc(O)cc(-c2cc(Cl)cc(Cl)c2)c1. The zero-order valence-electron chi connectivity index (χ0n) is 11.7. The van der Waals surface area contributed by atoms with Crippen molar-refractivity contribution in [1.82, 2.24) is 5.32 Å². The van der Waals surface area contributed by atoms with Gasteiger partial charge in [-0.2, -0.15) is 0 Å². The van der Waals surface area contributed by atoms with Gasteiger partial charge in [-0.1, -0.05) is 23.2 Å². The Morgan fingerprint density at radius 1 is 1.00 bits per heavy atom. The highest BCUT2D eigenvalue weighted by Crippen LogP contribution is 2.30. The third kappa shape index (κ3) is 4.90. The van der Waals surface area contributed by atoms with E-state index >= 15 is 0 Å². The van der Waals surface area contributed by atoms with Gasteiger partial charge in [-0.05, 0) is 53.1 Å². The largest absolute Gasteiger partial charge is 0.508 e. The number of aromatic hydroxyl groups is 1. The van der Waals surface area contributed by atoms with Crippen LogP contribution in [0.15, 0.2) is 36.4 Å². The summed E-state index contributed by atoms with van der Waals surface area (Å²) in [5, 5.41) is 14.3. The van der Waals surface area contributed by atoms with E-state index in [1.165, 1.54) is 0 Å². The molecule has 0 aliphatic heterocycles. The summed E-state index contributed by atoms with van der Waals surface area (Å²) in [4.78, 5) is 0. The van der Waals surface area contributed by atoms with Gasteiger partial charge in [0, 0.05) is 30.2 Å². The molecular formula is C16H17Cl2NO2. The molecule has 0 amide bonds. The van der Waals surface area contributed by atoms with Crippen LogP contribution in [0.5, 0.6) is 5.75 Å². The van der Waals surface area contributed by atoms with Crippen molar-refractivity contribution in [3.8, 4) is 16.9 Å². The van der Waals surface area contributed by atoms with E-state index in [4.69, 9.17) is 27.9 Å². The molecule has 0 heterocycles. The monoisotopic (exact) mass is 325 g/mol. The minimum absolute atomic E-state index is 0.215. The van der Waals surface area contributed by atoms with Gasteiger partial charge in [-0.3, -0.25) is 0 Å². The lowest BCUT2D eigenvalue weighted by molar-refractivity contribution is 0.199. The molecule has 2 aromatic carbocycles. The number of nitrogens with one attached hydrogen (secondary N) is 1. The number of phenolic OH excluding ortho intramolecular Hbond substituents is 1. The quantitative estimate of drug-likeness (QED) is 0.785. The molecule has 0 saturated heterocycles. The van der Waals surface area contributed by atoms with Gasteiger partial charge in [0.25, 0.3) is 0 Å². The second kappa shape index (κ2) is 7.66. The number of hydrogen-bond acceptors (Lipinski definition) is 3. The minimum Gasteiger partial charge on any atom is -0.508 e. The Kier molecular flexibility index (Phi) is 5.88. The molecule has 0 aliphatic rings. The standard InChI is InChI=1S/C16H17Cl2NO2/c1-21-3-2-19-10-11-4-12(8-16(20)5-11)13-6-14(17)9-15(18)7-13/h4-9,19-20H,2-3,10H2,1H3. The topological polar surface area (TPSA) is 41.5 Å². The van der Waals surface area contributed by atoms with Crippen LogP contribution in [0, 0.1) is 0 Å². The van der Waals surface area contributed by atoms with E-state index in [0.29, 0.717) is 23.2 Å². The van der Waals surface area contributed by atoms with Crippen LogP contribution in [0.4, 0.5) is 0 Å². The first kappa shape index (κ1) is 16.1. The number of methoxy groups -OCH3 is 1. The van der Waals surface area contributed by atoms with Crippen LogP contribution in [0.1, 0.15) is 5.56 Å². The molecule has 112 valence electrons. The second-order valence-electron chi connectivity index (χ2n) is 4.72. The average molecular weight is 326 g/mol. The van der Waals surface area contributed by atoms with Gasteiger partial charge in [-0.15, -0.1) is 0 Å². The average Bonchev–Trinajstić information content (AvgIpc) is 2.42. The first-order valence-electron chi connectivity index (χ1n) is 6.57. The number of rotatable bonds is 6. The Hall–Kier alpha value is -1.26. The fourth-order valence-electron chi connectivity index (χ4n) is 2.07. The molecule has 21 heavy (non-hydrogen) atoms. The molecule has 2 aromatic rings. The summed E-state index contributed by atoms with van der Waals surface area (Å²) >= 11 is 12.0. The van der Waals surface area contributed by atoms with E-state index in [1.807, 2.05) is 18.2 Å². The smallest absolute Gasteiger partial charge is 0.116 e. The van der Waals surface area contributed by atoms with Gasteiger partial charge in [-0.25, -0.2) is 0 Å². The maximum atomic E-state index is 9.88. The predicted octanol–water partition coefficient (Wildman–Crippen LogP) is 4.10. The maximum absolute atomic E-state index is 9.88. The lowest BCUT2D eigenvalue weighted by atomic mass is 10.0. The Bertz CT molecular complexity index is 597. The summed E-state index contributed by atoms with van der Waals surface area (Å²) in [6.07, 6.45) is 0. The van der Waals surface area contributed by atoms with Gasteiger partial charge in [0.2, 0.25) is 0 Å². The van der Waals surface area contributed by atoms with E-state index in [1.54, 1.807) is 25.3 Å². The molecule has 0 aliphatic carbocycles. The number of benzene rings is 2. The normalized spacial score (nSPS) is 10.8. The fourth-order valence-corrected chi connectivity index (χ4v) is 2.60. The number of halogens is 2. The predicted molar refractivity (Wildman–Crippen MR) is 87.1 cm³/mol. The molecule has 5 heteroatoms. The molecule has 0 aromatic heterocycles. The molecule has 0 radical (unpaired) electrons. The Labute approximate surface area is 134 Å². The second-order valence-corrected chi connectivity index (χ2v) is 5.59. The van der Waals surface area contributed by atoms with Crippen LogP contribution in [-0.2, 0) is 11.3 Å². The van der Waals surface area contributed by atoms with Crippen LogP contribution in [-0.4, -0.2) is 25.4 Å². The van der Waals surface area contributed by atoms with Crippen molar-refractivity contribution >= 4 is 23.2 Å². The zero-order valence-corrected chi connectivity index (χ0v) is 13.2. The summed E-state index contributed by atoms with van der Waals surface area (Å²) in [6, 6.07) is 10.8. The summed E-state index contributed by atoms with van der Waals surface area (Å²) in [5.74, 6) is 0.215. The fraction of sp³-hybridized carbons (Fsp3) is 0.250. The van der Waals surface area contributed by atoms with Gasteiger partial charge in [0.05, 0.1) is 6.61 Å². The molecule has 0 spiro atoms. The molecular weight excluding hydrogens is 309 g/mol. The van der Waals surface area contributed by atoms with Crippen LogP contribution in [0.25, 0.3) is 11.1 Å². The molecule has 3 nitrogen and oxygen atoms in total. The van der Waals surface area contributed by atoms with Crippen molar-refractivity contribution in [2.45, 2.75) is 6.54 Å². The summed E-state index contributed by atoms with van der Waals surface area (Å²) in [7, 11) is 1.66. The van der Waals surface area contributed by atoms with Gasteiger partial charge < -0.3 is 15.2 Å². The maximum Gasteiger partial charge on any atom is 0.116 e. The van der Waals surface area contributed by atoms with Crippen LogP contribution in [0.3, 0.4) is 0 Å². The van der Waals surface area contributed by atoms with Gasteiger partial charge >= 0.3 is 0 Å². The van der Waals surface area contributed by atoms with Crippen molar-refractivity contribution in [2.75, 3.05) is 20.3 Å². The van der Waals surface area contributed by atoms with Crippen molar-refractivity contribution in [3.63, 3.8) is 0 Å². The first-order chi connectivity index (χ1) is 10.1. The lowest BCUT2D eigenvalue weighted by Crippen LogP contribution is -2.18. The molecule has 0 atom stereocenters. The first-order valence-corrected chi connectivity index (χ1v) is 7.33. The van der Waals surface area contributed by atoms with Crippen molar-refractivity contribution in [1.29, 1.82) is 0 Å². The lowest BCUT2D eigenvalue weighted by Gasteiger charge is -2.09. The van der Waals surface area contributed by atoms with Crippen LogP contribution >= 0.6 is 23.2 Å².